The molecule has 0 saturated carbocycles. The van der Waals surface area contributed by atoms with E-state index in [1.165, 1.54) is 26.7 Å². The van der Waals surface area contributed by atoms with Gasteiger partial charge in [-0.25, -0.2) is 23.1 Å². The Balaban J connectivity index is 1.14. The molecular formula is C27H29F2N7O6. The fourth-order valence-electron chi connectivity index (χ4n) is 4.93. The van der Waals surface area contributed by atoms with Crippen molar-refractivity contribution in [1.29, 1.82) is 0 Å². The number of fused-ring (bicyclic) bond motifs is 1. The Labute approximate surface area is 239 Å². The van der Waals surface area contributed by atoms with E-state index in [1.807, 2.05) is 0 Å². The normalized spacial score (nSPS) is 17.0. The van der Waals surface area contributed by atoms with Gasteiger partial charge in [0, 0.05) is 57.1 Å². The fraction of sp³-hybridized carbons (Fsp3) is 0.407. The minimum atomic E-state index is -0.859. The first kappa shape index (κ1) is 28.7. The van der Waals surface area contributed by atoms with Gasteiger partial charge in [0.25, 0.3) is 5.91 Å². The van der Waals surface area contributed by atoms with Crippen LogP contribution in [0.25, 0.3) is 5.65 Å². The predicted octanol–water partition coefficient (Wildman–Crippen LogP) is 1.75. The minimum absolute atomic E-state index is 0.00309. The van der Waals surface area contributed by atoms with Crippen LogP contribution >= 0.6 is 0 Å². The molecule has 2 aliphatic heterocycles. The van der Waals surface area contributed by atoms with Crippen LogP contribution in [0.4, 0.5) is 25.0 Å². The van der Waals surface area contributed by atoms with Crippen molar-refractivity contribution in [1.82, 2.24) is 24.8 Å². The van der Waals surface area contributed by atoms with Gasteiger partial charge in [-0.2, -0.15) is 5.10 Å². The first-order valence-electron chi connectivity index (χ1n) is 13.5. The van der Waals surface area contributed by atoms with E-state index >= 15 is 8.78 Å². The molecule has 2 fully saturated rings. The third-order valence-corrected chi connectivity index (χ3v) is 7.04. The largest absolute Gasteiger partial charge is 0.466 e. The molecule has 2 saturated heterocycles. The Morgan fingerprint density at radius 3 is 2.60 bits per heavy atom. The van der Waals surface area contributed by atoms with Crippen LogP contribution in [0.15, 0.2) is 36.8 Å². The van der Waals surface area contributed by atoms with Crippen LogP contribution in [-0.4, -0.2) is 95.4 Å². The number of carbonyl (C=O) groups is 4. The molecule has 222 valence electrons. The van der Waals surface area contributed by atoms with Crippen molar-refractivity contribution < 1.29 is 37.4 Å². The fourth-order valence-corrected chi connectivity index (χ4v) is 4.93. The summed E-state index contributed by atoms with van der Waals surface area (Å²) >= 11 is 0. The summed E-state index contributed by atoms with van der Waals surface area (Å²) < 4.78 is 41.9. The SMILES string of the molecule is CCOC(=O)CC[C@H]1CN(c2cc(F)c(N3CCN(C(=O)CNC(=O)c4cnn5cccnc45)CC3)c(F)c2)C(=O)O1. The molecule has 2 aromatic heterocycles. The van der Waals surface area contributed by atoms with Crippen LogP contribution in [0, 0.1) is 11.6 Å². The van der Waals surface area contributed by atoms with E-state index in [4.69, 9.17) is 9.47 Å². The summed E-state index contributed by atoms with van der Waals surface area (Å²) in [6.07, 6.45) is 3.47. The Morgan fingerprint density at radius 1 is 1.14 bits per heavy atom. The number of piperazine rings is 1. The number of anilines is 2. The van der Waals surface area contributed by atoms with Crippen LogP contribution in [0.5, 0.6) is 0 Å². The van der Waals surface area contributed by atoms with Crippen LogP contribution in [-0.2, 0) is 19.1 Å². The number of halogens is 2. The Hall–Kier alpha value is -4.82. The molecule has 0 bridgehead atoms. The first-order valence-corrected chi connectivity index (χ1v) is 13.5. The summed E-state index contributed by atoms with van der Waals surface area (Å²) in [6, 6.07) is 3.80. The standard InChI is InChI=1S/C27H29F2N7O6/c1-2-41-23(38)5-4-18-16-35(27(40)42-18)17-12-20(28)24(21(29)13-17)34-10-8-33(9-11-34)22(37)15-31-26(39)19-14-32-36-7-3-6-30-25(19)36/h3,6-7,12-14,18H,2,4-5,8-11,15-16H2,1H3,(H,31,39)/t18-/m0/s1. The van der Waals surface area contributed by atoms with Crippen molar-refractivity contribution >= 4 is 40.9 Å². The third kappa shape index (κ3) is 6.09. The van der Waals surface area contributed by atoms with Gasteiger partial charge in [-0.3, -0.25) is 19.3 Å². The highest BCUT2D eigenvalue weighted by Gasteiger charge is 2.34. The highest BCUT2D eigenvalue weighted by Crippen LogP contribution is 2.32. The van der Waals surface area contributed by atoms with Gasteiger partial charge >= 0.3 is 12.1 Å². The summed E-state index contributed by atoms with van der Waals surface area (Å²) in [5.41, 5.74) is 0.341. The summed E-state index contributed by atoms with van der Waals surface area (Å²) in [6.45, 7) is 2.41. The van der Waals surface area contributed by atoms with Gasteiger partial charge in [0.05, 0.1) is 31.6 Å². The second-order valence-electron chi connectivity index (χ2n) is 9.71. The zero-order chi connectivity index (χ0) is 29.8. The third-order valence-electron chi connectivity index (χ3n) is 7.04. The van der Waals surface area contributed by atoms with Crippen molar-refractivity contribution in [3.63, 3.8) is 0 Å². The molecule has 1 atom stereocenters. The molecule has 3 aromatic rings. The number of nitrogens with zero attached hydrogens (tertiary/aromatic N) is 6. The van der Waals surface area contributed by atoms with Crippen molar-refractivity contribution in [2.45, 2.75) is 25.9 Å². The molecule has 4 heterocycles. The maximum atomic E-state index is 15.2. The van der Waals surface area contributed by atoms with Crippen molar-refractivity contribution in [3.05, 3.63) is 54.0 Å². The zero-order valence-electron chi connectivity index (χ0n) is 22.8. The lowest BCUT2D eigenvalue weighted by Gasteiger charge is -2.36. The summed E-state index contributed by atoms with van der Waals surface area (Å²) in [5.74, 6) is -2.97. The van der Waals surface area contributed by atoms with Crippen LogP contribution in [0.3, 0.4) is 0 Å². The molecule has 3 amide bonds. The highest BCUT2D eigenvalue weighted by molar-refractivity contribution is 6.01. The quantitative estimate of drug-likeness (QED) is 0.372. The average molecular weight is 586 g/mol. The maximum absolute atomic E-state index is 15.2. The highest BCUT2D eigenvalue weighted by atomic mass is 19.1. The van der Waals surface area contributed by atoms with E-state index in [-0.39, 0.29) is 81.6 Å². The first-order chi connectivity index (χ1) is 20.2. The number of nitrogens with one attached hydrogen (secondary N) is 1. The Morgan fingerprint density at radius 2 is 1.88 bits per heavy atom. The predicted molar refractivity (Wildman–Crippen MR) is 144 cm³/mol. The molecule has 13 nitrogen and oxygen atoms in total. The van der Waals surface area contributed by atoms with E-state index in [0.717, 1.165) is 17.0 Å². The molecular weight excluding hydrogens is 556 g/mol. The van der Waals surface area contributed by atoms with Crippen LogP contribution < -0.4 is 15.1 Å². The molecule has 0 unspecified atom stereocenters. The van der Waals surface area contributed by atoms with E-state index in [1.54, 1.807) is 19.2 Å². The number of aromatic nitrogens is 3. The molecule has 1 aromatic carbocycles. The number of rotatable bonds is 9. The zero-order valence-corrected chi connectivity index (χ0v) is 22.8. The van der Waals surface area contributed by atoms with Crippen molar-refractivity contribution in [2.75, 3.05) is 55.7 Å². The average Bonchev–Trinajstić information content (AvgIpc) is 3.58. The summed E-state index contributed by atoms with van der Waals surface area (Å²) in [5, 5.41) is 6.62. The smallest absolute Gasteiger partial charge is 0.414 e. The van der Waals surface area contributed by atoms with E-state index in [0.29, 0.717) is 5.65 Å². The van der Waals surface area contributed by atoms with E-state index in [2.05, 4.69) is 15.4 Å². The lowest BCUT2D eigenvalue weighted by molar-refractivity contribution is -0.143. The molecule has 2 aliphatic rings. The number of cyclic esters (lactones) is 1. The second-order valence-corrected chi connectivity index (χ2v) is 9.71. The van der Waals surface area contributed by atoms with Gasteiger partial charge in [0.15, 0.2) is 17.3 Å². The van der Waals surface area contributed by atoms with E-state index in [9.17, 15) is 19.2 Å². The monoisotopic (exact) mass is 585 g/mol. The summed E-state index contributed by atoms with van der Waals surface area (Å²) in [7, 11) is 0. The van der Waals surface area contributed by atoms with Gasteiger partial charge < -0.3 is 24.6 Å². The molecule has 1 N–H and O–H groups in total. The number of benzene rings is 1. The molecule has 0 spiro atoms. The van der Waals surface area contributed by atoms with Gasteiger partial charge in [0.1, 0.15) is 17.4 Å². The number of hydrogen-bond donors (Lipinski definition) is 1. The summed E-state index contributed by atoms with van der Waals surface area (Å²) in [4.78, 5) is 57.4. The van der Waals surface area contributed by atoms with Crippen molar-refractivity contribution in [2.24, 2.45) is 0 Å². The number of amides is 3. The number of carbonyl (C=O) groups excluding carboxylic acids is 4. The number of esters is 1. The molecule has 15 heteroatoms. The van der Waals surface area contributed by atoms with Crippen molar-refractivity contribution in [3.8, 4) is 0 Å². The minimum Gasteiger partial charge on any atom is -0.466 e. The number of ether oxygens (including phenoxy) is 2. The van der Waals surface area contributed by atoms with Gasteiger partial charge in [-0.1, -0.05) is 0 Å². The Kier molecular flexibility index (Phi) is 8.45. The lowest BCUT2D eigenvalue weighted by Crippen LogP contribution is -2.51. The van der Waals surface area contributed by atoms with Gasteiger partial charge in [-0.05, 0) is 19.4 Å². The molecule has 0 radical (unpaired) electrons. The maximum Gasteiger partial charge on any atom is 0.414 e. The van der Waals surface area contributed by atoms with Crippen LogP contribution in [0.1, 0.15) is 30.1 Å². The molecule has 5 rings (SSSR count). The number of hydrogen-bond acceptors (Lipinski definition) is 9. The lowest BCUT2D eigenvalue weighted by atomic mass is 10.1. The van der Waals surface area contributed by atoms with Crippen LogP contribution in [0.2, 0.25) is 0 Å². The Bertz CT molecular complexity index is 1480. The molecule has 42 heavy (non-hydrogen) atoms. The topological polar surface area (TPSA) is 139 Å². The van der Waals surface area contributed by atoms with Gasteiger partial charge in [0.2, 0.25) is 5.91 Å². The molecule has 0 aliphatic carbocycles. The second kappa shape index (κ2) is 12.4. The van der Waals surface area contributed by atoms with Gasteiger partial charge in [-0.15, -0.1) is 0 Å². The van der Waals surface area contributed by atoms with E-state index < -0.39 is 35.7 Å².